The summed E-state index contributed by atoms with van der Waals surface area (Å²) in [5, 5.41) is 0. The minimum atomic E-state index is -1.26. The molecule has 0 aliphatic heterocycles. The van der Waals surface area contributed by atoms with Crippen molar-refractivity contribution in [3.05, 3.63) is 6.92 Å². The van der Waals surface area contributed by atoms with Crippen molar-refractivity contribution >= 4 is 66.9 Å². The first-order valence-corrected chi connectivity index (χ1v) is 37.2. The molecule has 62 heavy (non-hydrogen) atoms. The van der Waals surface area contributed by atoms with Crippen molar-refractivity contribution in [1.29, 1.82) is 0 Å². The molecule has 0 bridgehead atoms. The van der Waals surface area contributed by atoms with Gasteiger partial charge in [0.1, 0.15) is 32.3 Å². The smallest absolute Gasteiger partial charge is 1.00 e. The largest absolute Gasteiger partial charge is 2.00 e. The standard InChI is InChI=1S/C16H36N.C13H24Si2.C8H15ClSi.C7H8.C5H10Si.C4H9.BrH.FH.Mg/c1-5-9-13-17(14-10-6-2,15-11-7-3)16-12-8-4;1-13(2,9-11-14(3,4)5)10-12-15(6,7)8;1-8(2,9)6-7-10(3,4)5;1-5-7(3,4)6-2;1-5-6(2,3)4;1-3-4-2;;;/h5-16H2,1-4H3;1-8H3;1-5H3;1-2H,3-4H3;1H,2-4H3;1,3-4H2,2H3;2*1H;/q+1;;;;;-1;;;+2/p-2. The summed E-state index contributed by atoms with van der Waals surface area (Å²) in [6.45, 7) is 59.1. The summed E-state index contributed by atoms with van der Waals surface area (Å²) in [4.78, 5) is -0.347. The van der Waals surface area contributed by atoms with Gasteiger partial charge in [-0.3, -0.25) is 0 Å². The van der Waals surface area contributed by atoms with E-state index >= 15 is 0 Å². The summed E-state index contributed by atoms with van der Waals surface area (Å²) in [5.41, 5.74) is 12.3. The number of nitrogens with zero attached hydrogens (tertiary/aromatic N) is 1. The van der Waals surface area contributed by atoms with Gasteiger partial charge in [0.25, 0.3) is 0 Å². The summed E-state index contributed by atoms with van der Waals surface area (Å²) in [7, 11) is -4.83. The van der Waals surface area contributed by atoms with Crippen LogP contribution in [0.15, 0.2) is 0 Å². The number of hydrogen-bond donors (Lipinski definition) is 0. The zero-order chi connectivity index (χ0) is 48.3. The van der Waals surface area contributed by atoms with Crippen LogP contribution in [-0.2, 0) is 0 Å². The first-order chi connectivity index (χ1) is 26.5. The van der Waals surface area contributed by atoms with Crippen LogP contribution in [0, 0.1) is 88.8 Å². The van der Waals surface area contributed by atoms with E-state index in [-0.39, 0.29) is 60.4 Å². The third-order valence-corrected chi connectivity index (χ3v) is 11.3. The number of quaternary nitrogens is 1. The van der Waals surface area contributed by atoms with Crippen molar-refractivity contribution in [2.24, 2.45) is 10.8 Å². The number of halogens is 3. The maximum absolute atomic E-state index is 5.89. The maximum Gasteiger partial charge on any atom is 2.00 e. The Balaban J connectivity index is -0.0000000815. The van der Waals surface area contributed by atoms with Crippen LogP contribution in [0.1, 0.15) is 140 Å². The molecule has 0 aliphatic carbocycles. The summed E-state index contributed by atoms with van der Waals surface area (Å²) >= 11 is 5.89. The molecule has 358 valence electrons. The van der Waals surface area contributed by atoms with E-state index in [1.165, 1.54) is 88.4 Å². The summed E-state index contributed by atoms with van der Waals surface area (Å²) in [5.74, 6) is 14.6. The zero-order valence-electron chi connectivity index (χ0n) is 45.6. The number of hydrogen-bond acceptors (Lipinski definition) is 0. The van der Waals surface area contributed by atoms with Gasteiger partial charge in [-0.25, -0.2) is 0 Å². The van der Waals surface area contributed by atoms with E-state index in [2.05, 4.69) is 186 Å². The van der Waals surface area contributed by atoms with Gasteiger partial charge in [0.05, 0.1) is 41.9 Å². The third kappa shape index (κ3) is 80.0. The summed E-state index contributed by atoms with van der Waals surface area (Å²) < 4.78 is 1.42. The normalized spacial score (nSPS) is 10.7. The van der Waals surface area contributed by atoms with E-state index in [4.69, 9.17) is 30.9 Å². The van der Waals surface area contributed by atoms with Crippen LogP contribution in [0.3, 0.4) is 0 Å². The Labute approximate surface area is 428 Å². The van der Waals surface area contributed by atoms with E-state index in [1.807, 2.05) is 27.7 Å². The average molecular weight is 1020 g/mol. The predicted octanol–water partition coefficient (Wildman–Crippen LogP) is 9.69. The van der Waals surface area contributed by atoms with Gasteiger partial charge in [-0.1, -0.05) is 175 Å². The van der Waals surface area contributed by atoms with Crippen LogP contribution in [0.2, 0.25) is 78.6 Å². The first kappa shape index (κ1) is 81.8. The molecular formula is C53H102BrClFMgNSi4. The van der Waals surface area contributed by atoms with Gasteiger partial charge in [-0.15, -0.1) is 53.0 Å². The monoisotopic (exact) mass is 1020 g/mol. The van der Waals surface area contributed by atoms with Crippen molar-refractivity contribution in [2.75, 3.05) is 26.2 Å². The molecule has 0 aliphatic rings. The first-order valence-electron chi connectivity index (χ1n) is 22.9. The fourth-order valence-electron chi connectivity index (χ4n) is 3.74. The summed E-state index contributed by atoms with van der Waals surface area (Å²) in [6, 6.07) is 0. The molecular weight excluding hydrogens is 922 g/mol. The Hall–Kier alpha value is -0.346. The molecule has 9 heteroatoms. The molecule has 0 aromatic rings. The summed E-state index contributed by atoms with van der Waals surface area (Å²) in [6.07, 6.45) is 28.5. The van der Waals surface area contributed by atoms with Gasteiger partial charge in [-0.2, -0.15) is 6.42 Å². The van der Waals surface area contributed by atoms with Gasteiger partial charge in [0.15, 0.2) is 0 Å². The molecule has 0 saturated heterocycles. The van der Waals surface area contributed by atoms with Crippen LogP contribution in [0.4, 0.5) is 0 Å². The van der Waals surface area contributed by atoms with Gasteiger partial charge < -0.3 is 33.1 Å². The molecule has 0 unspecified atom stereocenters. The molecule has 0 fully saturated rings. The average Bonchev–Trinajstić information content (AvgIpc) is 3.11. The zero-order valence-corrected chi connectivity index (χ0v) is 53.4. The Morgan fingerprint density at radius 2 is 0.710 bits per heavy atom. The van der Waals surface area contributed by atoms with E-state index in [9.17, 15) is 0 Å². The van der Waals surface area contributed by atoms with Gasteiger partial charge in [-0.05, 0) is 67.2 Å². The van der Waals surface area contributed by atoms with Crippen LogP contribution < -0.4 is 21.7 Å². The molecule has 0 rings (SSSR count). The van der Waals surface area contributed by atoms with Crippen molar-refractivity contribution in [3.8, 4) is 71.0 Å². The Morgan fingerprint density at radius 3 is 0.823 bits per heavy atom. The minimum Gasteiger partial charge on any atom is -1.00 e. The third-order valence-electron chi connectivity index (χ3n) is 7.69. The molecule has 0 saturated carbocycles. The van der Waals surface area contributed by atoms with E-state index in [0.29, 0.717) is 0 Å². The molecule has 0 N–H and O–H groups in total. The molecule has 0 amide bonds. The number of terminal acetylenes is 3. The molecule has 0 heterocycles. The van der Waals surface area contributed by atoms with Crippen molar-refractivity contribution in [2.45, 2.75) is 224 Å². The molecule has 0 aromatic heterocycles. The van der Waals surface area contributed by atoms with Crippen LogP contribution >= 0.6 is 11.6 Å². The second kappa shape index (κ2) is 43.2. The minimum absolute atomic E-state index is 0. The quantitative estimate of drug-likeness (QED) is 0.0568. The fraction of sp³-hybridized carbons (Fsp3) is 0.755. The van der Waals surface area contributed by atoms with E-state index in [1.54, 1.807) is 0 Å². The number of alkyl halides is 1. The van der Waals surface area contributed by atoms with Gasteiger partial charge in [0.2, 0.25) is 0 Å². The van der Waals surface area contributed by atoms with E-state index < -0.39 is 32.3 Å². The Kier molecular flexibility index (Phi) is 57.1. The Morgan fingerprint density at radius 1 is 0.484 bits per heavy atom. The van der Waals surface area contributed by atoms with Crippen LogP contribution in [0.25, 0.3) is 0 Å². The van der Waals surface area contributed by atoms with Crippen LogP contribution in [-0.4, -0.2) is 90.9 Å². The van der Waals surface area contributed by atoms with Gasteiger partial charge in [0, 0.05) is 0 Å². The van der Waals surface area contributed by atoms with E-state index in [0.717, 1.165) is 6.42 Å². The van der Waals surface area contributed by atoms with Crippen molar-refractivity contribution in [1.82, 2.24) is 0 Å². The molecule has 0 atom stereocenters. The van der Waals surface area contributed by atoms with Crippen molar-refractivity contribution in [3.63, 3.8) is 0 Å². The maximum atomic E-state index is 5.89. The predicted molar refractivity (Wildman–Crippen MR) is 296 cm³/mol. The number of unbranched alkanes of at least 4 members (excludes halogenated alkanes) is 5. The number of rotatable bonds is 13. The van der Waals surface area contributed by atoms with Crippen LogP contribution in [0.5, 0.6) is 0 Å². The topological polar surface area (TPSA) is 0 Å². The molecule has 0 radical (unpaired) electrons. The SMILES string of the molecule is C#CC(C)(C)C#C.C#C[Si](C)(C)C.CC(C)(C#C[Si](C)(C)C)C#C[Si](C)(C)C.CC(C)(Cl)C#C[Si](C)(C)C.CCCC[N+](CCCC)(CCCC)CCCC.[Br-].[CH2-]CCC.[F-].[Mg+2]. The second-order valence-electron chi connectivity index (χ2n) is 21.4. The molecule has 0 aromatic carbocycles. The molecule has 1 nitrogen and oxygen atoms in total. The fourth-order valence-corrected chi connectivity index (χ4v) is 5.93. The molecule has 0 spiro atoms. The van der Waals surface area contributed by atoms with Gasteiger partial charge >= 0.3 is 23.1 Å². The van der Waals surface area contributed by atoms with Crippen molar-refractivity contribution < 1.29 is 26.2 Å². The Bertz CT molecular complexity index is 1260. The second-order valence-corrected chi connectivity index (χ2v) is 41.4.